The second kappa shape index (κ2) is 5.94. The first-order valence-electron chi connectivity index (χ1n) is 8.46. The molecule has 1 heterocycles. The SMILES string of the molecule is CC(C)(C)OC(=O)N1CC2C(CCCc3ccccc3)C2C1. The van der Waals surface area contributed by atoms with Crippen molar-refractivity contribution in [2.24, 2.45) is 17.8 Å². The van der Waals surface area contributed by atoms with Gasteiger partial charge in [-0.3, -0.25) is 0 Å². The maximum atomic E-state index is 12.0. The van der Waals surface area contributed by atoms with Crippen LogP contribution in [0.25, 0.3) is 0 Å². The number of hydrogen-bond donors (Lipinski definition) is 0. The second-order valence-electron chi connectivity index (χ2n) is 7.75. The number of ether oxygens (including phenoxy) is 1. The van der Waals surface area contributed by atoms with Gasteiger partial charge in [-0.2, -0.15) is 0 Å². The highest BCUT2D eigenvalue weighted by molar-refractivity contribution is 5.68. The second-order valence-corrected chi connectivity index (χ2v) is 7.75. The number of carbonyl (C=O) groups excluding carboxylic acids is 1. The molecular weight excluding hydrogens is 274 g/mol. The lowest BCUT2D eigenvalue weighted by Gasteiger charge is -2.25. The van der Waals surface area contributed by atoms with E-state index in [-0.39, 0.29) is 11.7 Å². The van der Waals surface area contributed by atoms with Crippen molar-refractivity contribution in [3.63, 3.8) is 0 Å². The van der Waals surface area contributed by atoms with Crippen molar-refractivity contribution >= 4 is 6.09 Å². The Morgan fingerprint density at radius 3 is 2.41 bits per heavy atom. The Morgan fingerprint density at radius 2 is 1.82 bits per heavy atom. The molecule has 3 rings (SSSR count). The summed E-state index contributed by atoms with van der Waals surface area (Å²) in [7, 11) is 0. The quantitative estimate of drug-likeness (QED) is 0.837. The molecule has 0 spiro atoms. The van der Waals surface area contributed by atoms with Crippen molar-refractivity contribution in [2.45, 2.75) is 45.6 Å². The number of likely N-dealkylation sites (tertiary alicyclic amines) is 1. The Morgan fingerprint density at radius 1 is 1.18 bits per heavy atom. The fraction of sp³-hybridized carbons (Fsp3) is 0.632. The zero-order valence-corrected chi connectivity index (χ0v) is 13.9. The van der Waals surface area contributed by atoms with Crippen molar-refractivity contribution in [3.8, 4) is 0 Å². The van der Waals surface area contributed by atoms with Gasteiger partial charge in [0.2, 0.25) is 0 Å². The number of carbonyl (C=O) groups is 1. The van der Waals surface area contributed by atoms with Crippen LogP contribution in [0.15, 0.2) is 30.3 Å². The summed E-state index contributed by atoms with van der Waals surface area (Å²) < 4.78 is 5.45. The molecule has 22 heavy (non-hydrogen) atoms. The van der Waals surface area contributed by atoms with Crippen LogP contribution in [0.1, 0.15) is 39.2 Å². The Bertz CT molecular complexity index is 508. The zero-order chi connectivity index (χ0) is 15.7. The number of benzene rings is 1. The molecule has 1 aliphatic heterocycles. The Balaban J connectivity index is 1.37. The molecule has 1 saturated carbocycles. The molecule has 3 heteroatoms. The van der Waals surface area contributed by atoms with E-state index in [1.807, 2.05) is 25.7 Å². The number of piperidine rings is 1. The number of aryl methyl sites for hydroxylation is 1. The average Bonchev–Trinajstić information content (AvgIpc) is 2.91. The highest BCUT2D eigenvalue weighted by Crippen LogP contribution is 2.54. The van der Waals surface area contributed by atoms with E-state index in [2.05, 4.69) is 30.3 Å². The van der Waals surface area contributed by atoms with Crippen molar-refractivity contribution in [3.05, 3.63) is 35.9 Å². The van der Waals surface area contributed by atoms with E-state index < -0.39 is 0 Å². The fourth-order valence-electron chi connectivity index (χ4n) is 3.74. The minimum absolute atomic E-state index is 0.136. The third-order valence-corrected chi connectivity index (χ3v) is 4.87. The van der Waals surface area contributed by atoms with Crippen LogP contribution in [0.2, 0.25) is 0 Å². The lowest BCUT2D eigenvalue weighted by Crippen LogP contribution is -2.37. The van der Waals surface area contributed by atoms with Crippen molar-refractivity contribution < 1.29 is 9.53 Å². The normalized spacial score (nSPS) is 26.7. The lowest BCUT2D eigenvalue weighted by molar-refractivity contribution is 0.0265. The van der Waals surface area contributed by atoms with Gasteiger partial charge in [-0.15, -0.1) is 0 Å². The van der Waals surface area contributed by atoms with E-state index in [4.69, 9.17) is 4.74 Å². The molecule has 2 aliphatic rings. The average molecular weight is 301 g/mol. The molecule has 0 N–H and O–H groups in total. The molecule has 120 valence electrons. The predicted octanol–water partition coefficient (Wildman–Crippen LogP) is 4.12. The molecule has 0 bridgehead atoms. The third kappa shape index (κ3) is 3.63. The largest absolute Gasteiger partial charge is 0.444 e. The number of nitrogens with zero attached hydrogens (tertiary/aromatic N) is 1. The summed E-state index contributed by atoms with van der Waals surface area (Å²) in [6.45, 7) is 7.57. The Labute approximate surface area is 133 Å². The van der Waals surface area contributed by atoms with Crippen LogP contribution in [0.4, 0.5) is 4.79 Å². The first kappa shape index (κ1) is 15.4. The van der Waals surface area contributed by atoms with Gasteiger partial charge >= 0.3 is 6.09 Å². The van der Waals surface area contributed by atoms with Gasteiger partial charge < -0.3 is 9.64 Å². The molecule has 0 radical (unpaired) electrons. The molecular formula is C19H27NO2. The molecule has 2 fully saturated rings. The molecule has 1 saturated heterocycles. The summed E-state index contributed by atoms with van der Waals surface area (Å²) in [6.07, 6.45) is 3.59. The van der Waals surface area contributed by atoms with E-state index in [9.17, 15) is 4.79 Å². The first-order valence-corrected chi connectivity index (χ1v) is 8.46. The van der Waals surface area contributed by atoms with Crippen LogP contribution >= 0.6 is 0 Å². The smallest absolute Gasteiger partial charge is 0.410 e. The van der Waals surface area contributed by atoms with Crippen LogP contribution in [0.5, 0.6) is 0 Å². The summed E-state index contributed by atoms with van der Waals surface area (Å²) in [5.74, 6) is 2.29. The molecule has 1 aromatic rings. The minimum atomic E-state index is -0.390. The summed E-state index contributed by atoms with van der Waals surface area (Å²) in [5, 5.41) is 0. The standard InChI is InChI=1S/C19H27NO2/c1-19(2,3)22-18(21)20-12-16-15(17(16)13-20)11-7-10-14-8-5-4-6-9-14/h4-6,8-9,15-17H,7,10-13H2,1-3H3. The van der Waals surface area contributed by atoms with Crippen molar-refractivity contribution in [1.82, 2.24) is 4.90 Å². The molecule has 1 aliphatic carbocycles. The number of hydrogen-bond acceptors (Lipinski definition) is 2. The highest BCUT2D eigenvalue weighted by Gasteiger charge is 2.56. The van der Waals surface area contributed by atoms with Crippen molar-refractivity contribution in [1.29, 1.82) is 0 Å². The van der Waals surface area contributed by atoms with Crippen LogP contribution in [0.3, 0.4) is 0 Å². The topological polar surface area (TPSA) is 29.5 Å². The Kier molecular flexibility index (Phi) is 4.16. The van der Waals surface area contributed by atoms with Crippen LogP contribution in [-0.2, 0) is 11.2 Å². The molecule has 0 aromatic heterocycles. The molecule has 3 nitrogen and oxygen atoms in total. The molecule has 2 atom stereocenters. The zero-order valence-electron chi connectivity index (χ0n) is 13.9. The monoisotopic (exact) mass is 301 g/mol. The van der Waals surface area contributed by atoms with Gasteiger partial charge in [0.1, 0.15) is 5.60 Å². The van der Waals surface area contributed by atoms with Gasteiger partial charge in [0, 0.05) is 13.1 Å². The maximum absolute atomic E-state index is 12.0. The predicted molar refractivity (Wildman–Crippen MR) is 87.7 cm³/mol. The summed E-state index contributed by atoms with van der Waals surface area (Å²) in [4.78, 5) is 13.9. The van der Waals surface area contributed by atoms with E-state index in [1.165, 1.54) is 24.8 Å². The summed E-state index contributed by atoms with van der Waals surface area (Å²) in [6, 6.07) is 10.7. The van der Waals surface area contributed by atoms with Gasteiger partial charge in [0.05, 0.1) is 0 Å². The molecule has 2 unspecified atom stereocenters. The van der Waals surface area contributed by atoms with Gasteiger partial charge in [-0.1, -0.05) is 30.3 Å². The number of amides is 1. The van der Waals surface area contributed by atoms with Crippen molar-refractivity contribution in [2.75, 3.05) is 13.1 Å². The van der Waals surface area contributed by atoms with E-state index in [0.29, 0.717) is 0 Å². The molecule has 1 amide bonds. The van der Waals surface area contributed by atoms with Crippen LogP contribution in [-0.4, -0.2) is 29.7 Å². The number of fused-ring (bicyclic) bond motifs is 1. The number of rotatable bonds is 4. The van der Waals surface area contributed by atoms with Gasteiger partial charge in [0.25, 0.3) is 0 Å². The Hall–Kier alpha value is -1.51. The van der Waals surface area contributed by atoms with Crippen LogP contribution in [0, 0.1) is 17.8 Å². The first-order chi connectivity index (χ1) is 10.4. The lowest BCUT2D eigenvalue weighted by atomic mass is 10.0. The van der Waals surface area contributed by atoms with E-state index in [1.54, 1.807) is 0 Å². The van der Waals surface area contributed by atoms with Gasteiger partial charge in [-0.05, 0) is 63.4 Å². The minimum Gasteiger partial charge on any atom is -0.444 e. The van der Waals surface area contributed by atoms with Gasteiger partial charge in [-0.25, -0.2) is 4.79 Å². The molecule has 1 aromatic carbocycles. The summed E-state index contributed by atoms with van der Waals surface area (Å²) >= 11 is 0. The maximum Gasteiger partial charge on any atom is 0.410 e. The van der Waals surface area contributed by atoms with E-state index in [0.717, 1.165) is 30.8 Å². The van der Waals surface area contributed by atoms with Crippen LogP contribution < -0.4 is 0 Å². The van der Waals surface area contributed by atoms with E-state index >= 15 is 0 Å². The fourth-order valence-corrected chi connectivity index (χ4v) is 3.74. The summed E-state index contributed by atoms with van der Waals surface area (Å²) in [5.41, 5.74) is 1.04. The van der Waals surface area contributed by atoms with Gasteiger partial charge in [0.15, 0.2) is 0 Å². The highest BCUT2D eigenvalue weighted by atomic mass is 16.6. The third-order valence-electron chi connectivity index (χ3n) is 4.87.